The number of hydrogen-bond acceptors (Lipinski definition) is 2. The zero-order chi connectivity index (χ0) is 14.9. The standard InChI is InChI=1S/C15H17ClN2O2/c1-15(2,3)8-13(19)18-12-6-9-4-5-17-14(20)10(9)7-11(12)16/h4-7H,8H2,1-3H3,(H,17,20)(H,18,19). The van der Waals surface area contributed by atoms with Gasteiger partial charge in [0.25, 0.3) is 5.56 Å². The van der Waals surface area contributed by atoms with E-state index in [1.54, 1.807) is 24.4 Å². The number of aromatic amines is 1. The quantitative estimate of drug-likeness (QED) is 0.889. The second-order valence-electron chi connectivity index (χ2n) is 6.01. The molecule has 2 aromatic rings. The van der Waals surface area contributed by atoms with E-state index in [2.05, 4.69) is 10.3 Å². The number of anilines is 1. The first kappa shape index (κ1) is 14.6. The van der Waals surface area contributed by atoms with Crippen LogP contribution in [-0.2, 0) is 4.79 Å². The smallest absolute Gasteiger partial charge is 0.255 e. The topological polar surface area (TPSA) is 62.0 Å². The molecule has 106 valence electrons. The number of halogens is 1. The number of carbonyl (C=O) groups is 1. The Morgan fingerprint density at radius 2 is 2.05 bits per heavy atom. The molecule has 0 radical (unpaired) electrons. The molecule has 4 nitrogen and oxygen atoms in total. The van der Waals surface area contributed by atoms with Gasteiger partial charge in [-0.15, -0.1) is 0 Å². The van der Waals surface area contributed by atoms with Crippen LogP contribution in [0.1, 0.15) is 27.2 Å². The normalized spacial score (nSPS) is 11.6. The van der Waals surface area contributed by atoms with Crippen molar-refractivity contribution < 1.29 is 4.79 Å². The molecule has 2 N–H and O–H groups in total. The number of pyridine rings is 1. The lowest BCUT2D eigenvalue weighted by atomic mass is 9.92. The maximum absolute atomic E-state index is 11.9. The van der Waals surface area contributed by atoms with Gasteiger partial charge >= 0.3 is 0 Å². The third kappa shape index (κ3) is 3.39. The second kappa shape index (κ2) is 5.29. The van der Waals surface area contributed by atoms with Crippen LogP contribution in [0.25, 0.3) is 10.8 Å². The number of amides is 1. The third-order valence-electron chi connectivity index (χ3n) is 2.83. The highest BCUT2D eigenvalue weighted by molar-refractivity contribution is 6.34. The maximum Gasteiger partial charge on any atom is 0.255 e. The van der Waals surface area contributed by atoms with Crippen LogP contribution in [0.4, 0.5) is 5.69 Å². The van der Waals surface area contributed by atoms with Crippen molar-refractivity contribution in [3.63, 3.8) is 0 Å². The van der Waals surface area contributed by atoms with Crippen LogP contribution in [0.3, 0.4) is 0 Å². The zero-order valence-corrected chi connectivity index (χ0v) is 12.5. The SMILES string of the molecule is CC(C)(C)CC(=O)Nc1cc2cc[nH]c(=O)c2cc1Cl. The van der Waals surface area contributed by atoms with Gasteiger partial charge in [-0.3, -0.25) is 9.59 Å². The fourth-order valence-corrected chi connectivity index (χ4v) is 2.19. The van der Waals surface area contributed by atoms with Gasteiger partial charge in [-0.1, -0.05) is 32.4 Å². The van der Waals surface area contributed by atoms with Gasteiger partial charge in [0.1, 0.15) is 0 Å². The van der Waals surface area contributed by atoms with Crippen LogP contribution >= 0.6 is 11.6 Å². The van der Waals surface area contributed by atoms with Crippen molar-refractivity contribution in [3.8, 4) is 0 Å². The van der Waals surface area contributed by atoms with Gasteiger partial charge in [-0.05, 0) is 29.0 Å². The van der Waals surface area contributed by atoms with Gasteiger partial charge in [0, 0.05) is 18.0 Å². The molecule has 0 aliphatic rings. The molecule has 0 bridgehead atoms. The summed E-state index contributed by atoms with van der Waals surface area (Å²) in [5.74, 6) is -0.0939. The van der Waals surface area contributed by atoms with Gasteiger partial charge in [-0.25, -0.2) is 0 Å². The summed E-state index contributed by atoms with van der Waals surface area (Å²) >= 11 is 6.12. The average molecular weight is 293 g/mol. The first-order chi connectivity index (χ1) is 9.26. The number of carbonyl (C=O) groups excluding carboxylic acids is 1. The van der Waals surface area contributed by atoms with E-state index in [1.165, 1.54) is 0 Å². The van der Waals surface area contributed by atoms with E-state index in [9.17, 15) is 9.59 Å². The van der Waals surface area contributed by atoms with Crippen LogP contribution in [0.2, 0.25) is 5.02 Å². The molecule has 0 unspecified atom stereocenters. The Kier molecular flexibility index (Phi) is 3.86. The Hall–Kier alpha value is -1.81. The summed E-state index contributed by atoms with van der Waals surface area (Å²) in [6.07, 6.45) is 1.97. The molecule has 20 heavy (non-hydrogen) atoms. The fourth-order valence-electron chi connectivity index (χ4n) is 1.98. The van der Waals surface area contributed by atoms with E-state index in [0.717, 1.165) is 5.39 Å². The number of rotatable bonds is 2. The lowest BCUT2D eigenvalue weighted by Crippen LogP contribution is -2.20. The summed E-state index contributed by atoms with van der Waals surface area (Å²) < 4.78 is 0. The average Bonchev–Trinajstić information content (AvgIpc) is 2.29. The Morgan fingerprint density at radius 3 is 2.70 bits per heavy atom. The third-order valence-corrected chi connectivity index (χ3v) is 3.14. The summed E-state index contributed by atoms with van der Waals surface area (Å²) in [7, 11) is 0. The van der Waals surface area contributed by atoms with Crippen molar-refractivity contribution in [3.05, 3.63) is 39.8 Å². The highest BCUT2D eigenvalue weighted by Crippen LogP contribution is 2.27. The molecular weight excluding hydrogens is 276 g/mol. The largest absolute Gasteiger partial charge is 0.329 e. The molecule has 0 atom stereocenters. The Labute approximate surface area is 122 Å². The minimum absolute atomic E-state index is 0.0927. The molecule has 1 aromatic carbocycles. The van der Waals surface area contributed by atoms with E-state index < -0.39 is 0 Å². The lowest BCUT2D eigenvalue weighted by molar-refractivity contribution is -0.117. The molecule has 1 amide bonds. The van der Waals surface area contributed by atoms with Crippen molar-refractivity contribution >= 4 is 34.0 Å². The number of benzene rings is 1. The number of fused-ring (bicyclic) bond motifs is 1. The summed E-state index contributed by atoms with van der Waals surface area (Å²) in [6, 6.07) is 5.06. The van der Waals surface area contributed by atoms with Gasteiger partial charge in [0.05, 0.1) is 10.7 Å². The Bertz CT molecular complexity index is 714. The molecule has 0 saturated carbocycles. The van der Waals surface area contributed by atoms with Gasteiger partial charge in [0.2, 0.25) is 5.91 Å². The molecule has 1 heterocycles. The molecule has 0 aliphatic carbocycles. The molecule has 1 aromatic heterocycles. The Morgan fingerprint density at radius 1 is 1.35 bits per heavy atom. The molecule has 0 saturated heterocycles. The van der Waals surface area contributed by atoms with Gasteiger partial charge < -0.3 is 10.3 Å². The summed E-state index contributed by atoms with van der Waals surface area (Å²) in [5, 5.41) is 4.40. The number of nitrogens with one attached hydrogen (secondary N) is 2. The van der Waals surface area contributed by atoms with E-state index in [0.29, 0.717) is 22.5 Å². The fraction of sp³-hybridized carbons (Fsp3) is 0.333. The van der Waals surface area contributed by atoms with Crippen molar-refractivity contribution in [2.24, 2.45) is 5.41 Å². The van der Waals surface area contributed by atoms with Crippen LogP contribution < -0.4 is 10.9 Å². The summed E-state index contributed by atoms with van der Waals surface area (Å²) in [4.78, 5) is 26.2. The Balaban J connectivity index is 2.34. The molecule has 0 aliphatic heterocycles. The second-order valence-corrected chi connectivity index (χ2v) is 6.42. The predicted octanol–water partition coefficient (Wildman–Crippen LogP) is 3.56. The number of H-pyrrole nitrogens is 1. The summed E-state index contributed by atoms with van der Waals surface area (Å²) in [6.45, 7) is 5.98. The van der Waals surface area contributed by atoms with Crippen LogP contribution in [0.15, 0.2) is 29.2 Å². The van der Waals surface area contributed by atoms with E-state index in [1.807, 2.05) is 20.8 Å². The van der Waals surface area contributed by atoms with E-state index >= 15 is 0 Å². The van der Waals surface area contributed by atoms with E-state index in [-0.39, 0.29) is 16.9 Å². The van der Waals surface area contributed by atoms with E-state index in [4.69, 9.17) is 11.6 Å². The van der Waals surface area contributed by atoms with Crippen LogP contribution in [0.5, 0.6) is 0 Å². The molecular formula is C15H17ClN2O2. The number of hydrogen-bond donors (Lipinski definition) is 2. The molecule has 5 heteroatoms. The summed E-state index contributed by atoms with van der Waals surface area (Å²) in [5.41, 5.74) is 0.237. The van der Waals surface area contributed by atoms with Crippen LogP contribution in [-0.4, -0.2) is 10.9 Å². The number of aromatic nitrogens is 1. The monoisotopic (exact) mass is 292 g/mol. The first-order valence-corrected chi connectivity index (χ1v) is 6.75. The van der Waals surface area contributed by atoms with Gasteiger partial charge in [0.15, 0.2) is 0 Å². The van der Waals surface area contributed by atoms with Crippen molar-refractivity contribution in [1.29, 1.82) is 0 Å². The predicted molar refractivity (Wildman–Crippen MR) is 82.3 cm³/mol. The maximum atomic E-state index is 11.9. The molecule has 0 fully saturated rings. The lowest BCUT2D eigenvalue weighted by Gasteiger charge is -2.17. The molecule has 0 spiro atoms. The van der Waals surface area contributed by atoms with Crippen molar-refractivity contribution in [1.82, 2.24) is 4.98 Å². The van der Waals surface area contributed by atoms with Gasteiger partial charge in [-0.2, -0.15) is 0 Å². The zero-order valence-electron chi connectivity index (χ0n) is 11.7. The van der Waals surface area contributed by atoms with Crippen molar-refractivity contribution in [2.45, 2.75) is 27.2 Å². The highest BCUT2D eigenvalue weighted by Gasteiger charge is 2.17. The minimum atomic E-state index is -0.197. The minimum Gasteiger partial charge on any atom is -0.329 e. The highest BCUT2D eigenvalue weighted by atomic mass is 35.5. The molecule has 2 rings (SSSR count). The van der Waals surface area contributed by atoms with Crippen molar-refractivity contribution in [2.75, 3.05) is 5.32 Å². The first-order valence-electron chi connectivity index (χ1n) is 6.37. The van der Waals surface area contributed by atoms with Crippen LogP contribution in [0, 0.1) is 5.41 Å².